The number of fused-ring (bicyclic) bond motifs is 18. The first-order valence-electron chi connectivity index (χ1n) is 50.6. The van der Waals surface area contributed by atoms with Gasteiger partial charge in [-0.1, -0.05) is 451 Å². The van der Waals surface area contributed by atoms with Gasteiger partial charge in [-0.2, -0.15) is 0 Å². The van der Waals surface area contributed by atoms with Gasteiger partial charge in [-0.3, -0.25) is 0 Å². The molecule has 0 saturated heterocycles. The second kappa shape index (κ2) is 34.8. The lowest BCUT2D eigenvalue weighted by atomic mass is 9.77. The van der Waals surface area contributed by atoms with E-state index in [0.29, 0.717) is 0 Å². The van der Waals surface area contributed by atoms with Crippen molar-refractivity contribution in [3.8, 4) is 78.3 Å². The Hall–Kier alpha value is -15.3. The Labute approximate surface area is 857 Å². The third-order valence-electron chi connectivity index (χ3n) is 32.2. The molecule has 0 radical (unpaired) electrons. The SMILES string of the molecule is CC1(C)c2ccccc2-c2ccc(N(c3ccc(-c4cccc5c4Oc4ccccc4[Si]5(C)C)cc3)c3cccc4ccccc34)cc21.CC1(C)c2ccccc2-c2ccc(N(c3ccc(-c4cccc5c4Sc4ccccc4C5(C)C)cc3)c3cccc4ccccc34)cc21.CC1(C)c2ccccc2-c2ccc(N(c3ccc(-c4cccc5c4Sc4ccccc4[Si]5(C)C)cc3)c3cccc4ccccc34)cc21. The molecule has 0 fully saturated rings. The predicted octanol–water partition coefficient (Wildman–Crippen LogP) is 35.9. The Morgan fingerprint density at radius 3 is 0.958 bits per heavy atom. The predicted molar refractivity (Wildman–Crippen MR) is 618 cm³/mol. The number of anilines is 9. The van der Waals surface area contributed by atoms with Gasteiger partial charge in [0.15, 0.2) is 0 Å². The maximum absolute atomic E-state index is 6.68. The van der Waals surface area contributed by atoms with E-state index >= 15 is 0 Å². The van der Waals surface area contributed by atoms with Gasteiger partial charge in [0.1, 0.15) is 27.6 Å². The maximum atomic E-state index is 6.68. The van der Waals surface area contributed by atoms with Crippen LogP contribution in [-0.2, 0) is 21.7 Å². The van der Waals surface area contributed by atoms with E-state index in [0.717, 1.165) is 45.4 Å². The molecule has 0 unspecified atom stereocenters. The minimum absolute atomic E-state index is 0.0563. The molecule has 696 valence electrons. The van der Waals surface area contributed by atoms with Gasteiger partial charge in [0.05, 0.1) is 17.1 Å². The minimum Gasteiger partial charge on any atom is -0.457 e. The first-order chi connectivity index (χ1) is 70.0. The van der Waals surface area contributed by atoms with Crippen LogP contribution in [0.5, 0.6) is 11.5 Å². The molecule has 8 heteroatoms. The Kier molecular flexibility index (Phi) is 21.8. The lowest BCUT2D eigenvalue weighted by molar-refractivity contribution is 0.488. The molecule has 0 atom stereocenters. The number of hydrogen-bond donors (Lipinski definition) is 0. The molecule has 3 heterocycles. The van der Waals surface area contributed by atoms with Crippen molar-refractivity contribution in [2.45, 2.75) is 123 Å². The van der Waals surface area contributed by atoms with E-state index in [-0.39, 0.29) is 21.7 Å². The standard InChI is InChI=1S/C46H37NS.C45H37NOSi.C45H37NSSi/c1-45(2)38-18-8-7-16-36(38)37-28-27-33(29-41(37)45)47(42-21-11-14-30-13-5-6-15-34(30)42)32-25-23-31(24-26-32)35-17-12-20-40-44(35)48-43-22-10-9-19-39(43)46(40,3)4;2*1-45(2)38-18-8-7-16-36(38)37-28-27-33(29-39(37)45)46(40-19-11-14-30-13-5-6-15-34(30)40)32-25-23-31(24-26-32)35-17-12-22-43-44(35)47-41-20-9-10-21-42(41)48(43,3)4/h3*5-29H,1-4H3. The molecule has 3 aliphatic heterocycles. The number of para-hydroxylation sites is 2. The molecule has 0 spiro atoms. The normalized spacial score (nSPS) is 14.9. The van der Waals surface area contributed by atoms with Crippen molar-refractivity contribution in [1.82, 2.24) is 0 Å². The van der Waals surface area contributed by atoms with Gasteiger partial charge in [0.25, 0.3) is 0 Å². The third kappa shape index (κ3) is 14.7. The Morgan fingerprint density at radius 1 is 0.208 bits per heavy atom. The first kappa shape index (κ1) is 90.0. The monoisotopic (exact) mass is 1920 g/mol. The zero-order chi connectivity index (χ0) is 97.9. The summed E-state index contributed by atoms with van der Waals surface area (Å²) in [5.74, 6) is 2.00. The smallest absolute Gasteiger partial charge is 0.134 e. The van der Waals surface area contributed by atoms with Crippen LogP contribution in [-0.4, -0.2) is 16.1 Å². The van der Waals surface area contributed by atoms with Crippen LogP contribution in [0.25, 0.3) is 99.1 Å². The van der Waals surface area contributed by atoms with Gasteiger partial charge >= 0.3 is 0 Å². The average molecular weight is 1920 g/mol. The van der Waals surface area contributed by atoms with Crippen molar-refractivity contribution in [2.24, 2.45) is 0 Å². The lowest BCUT2D eigenvalue weighted by Crippen LogP contribution is -2.56. The molecule has 144 heavy (non-hydrogen) atoms. The van der Waals surface area contributed by atoms with Crippen LogP contribution >= 0.6 is 23.5 Å². The summed E-state index contributed by atoms with van der Waals surface area (Å²) < 4.78 is 6.68. The van der Waals surface area contributed by atoms with E-state index in [4.69, 9.17) is 4.74 Å². The van der Waals surface area contributed by atoms with E-state index in [9.17, 15) is 0 Å². The highest BCUT2D eigenvalue weighted by Gasteiger charge is 2.43. The number of benzene rings is 21. The summed E-state index contributed by atoms with van der Waals surface area (Å²) in [5.41, 5.74) is 36.7. The minimum atomic E-state index is -1.92. The molecule has 0 amide bonds. The molecular formula is C136H111N3OS2Si2. The maximum Gasteiger partial charge on any atom is 0.134 e. The van der Waals surface area contributed by atoms with Crippen LogP contribution in [0.1, 0.15) is 99.9 Å². The number of nitrogens with zero attached hydrogens (tertiary/aromatic N) is 3. The molecule has 0 bridgehead atoms. The average Bonchev–Trinajstić information content (AvgIpc) is 1.70. The summed E-state index contributed by atoms with van der Waals surface area (Å²) in [7, 11) is -3.73. The van der Waals surface area contributed by atoms with Crippen LogP contribution in [0.15, 0.2) is 475 Å². The summed E-state index contributed by atoms with van der Waals surface area (Å²) in [4.78, 5) is 12.9. The first-order valence-corrected chi connectivity index (χ1v) is 58.2. The summed E-state index contributed by atoms with van der Waals surface area (Å²) in [6, 6.07) is 168. The van der Waals surface area contributed by atoms with Crippen molar-refractivity contribution in [2.75, 3.05) is 14.7 Å². The largest absolute Gasteiger partial charge is 0.457 e. The Bertz CT molecular complexity index is 7950. The molecule has 0 N–H and O–H groups in total. The summed E-state index contributed by atoms with van der Waals surface area (Å²) >= 11 is 3.85. The Morgan fingerprint density at radius 2 is 0.500 bits per heavy atom. The van der Waals surface area contributed by atoms with Crippen LogP contribution in [0, 0.1) is 0 Å². The van der Waals surface area contributed by atoms with Crippen molar-refractivity contribution in [1.29, 1.82) is 0 Å². The number of ether oxygens (including phenoxy) is 1. The third-order valence-corrected chi connectivity index (χ3v) is 42.0. The van der Waals surface area contributed by atoms with Crippen molar-refractivity contribution in [3.05, 3.63) is 499 Å². The zero-order valence-corrected chi connectivity index (χ0v) is 87.0. The number of hydrogen-bond acceptors (Lipinski definition) is 6. The van der Waals surface area contributed by atoms with Gasteiger partial charge in [-0.25, -0.2) is 0 Å². The van der Waals surface area contributed by atoms with Crippen molar-refractivity contribution >= 4 is 144 Å². The highest BCUT2D eigenvalue weighted by atomic mass is 32.2. The molecule has 6 aliphatic rings. The van der Waals surface area contributed by atoms with Gasteiger partial charge in [0, 0.05) is 97.1 Å². The molecule has 0 saturated carbocycles. The Balaban J connectivity index is 0.000000113. The highest BCUT2D eigenvalue weighted by molar-refractivity contribution is 8.00. The van der Waals surface area contributed by atoms with E-state index in [1.165, 1.54) is 196 Å². The van der Waals surface area contributed by atoms with Gasteiger partial charge in [-0.05, 0) is 252 Å². The summed E-state index contributed by atoms with van der Waals surface area (Å²) in [6.07, 6.45) is 0. The van der Waals surface area contributed by atoms with Crippen molar-refractivity contribution in [3.63, 3.8) is 0 Å². The van der Waals surface area contributed by atoms with E-state index in [1.54, 1.807) is 5.19 Å². The summed E-state index contributed by atoms with van der Waals surface area (Å²) in [6.45, 7) is 28.7. The topological polar surface area (TPSA) is 19.0 Å². The fourth-order valence-electron chi connectivity index (χ4n) is 24.4. The van der Waals surface area contributed by atoms with E-state index in [1.807, 2.05) is 23.5 Å². The fraction of sp³-hybridized carbons (Fsp3) is 0.118. The van der Waals surface area contributed by atoms with Crippen LogP contribution in [0.2, 0.25) is 26.2 Å². The van der Waals surface area contributed by atoms with Crippen LogP contribution < -0.4 is 40.2 Å². The zero-order valence-electron chi connectivity index (χ0n) is 83.4. The molecule has 3 aliphatic carbocycles. The fourth-order valence-corrected chi connectivity index (χ4v) is 34.4. The summed E-state index contributed by atoms with van der Waals surface area (Å²) in [5, 5.41) is 13.2. The van der Waals surface area contributed by atoms with Gasteiger partial charge in [-0.15, -0.1) is 0 Å². The quantitative estimate of drug-likeness (QED) is 0.113. The molecular weight excluding hydrogens is 1810 g/mol. The van der Waals surface area contributed by atoms with Crippen LogP contribution in [0.4, 0.5) is 51.2 Å². The van der Waals surface area contributed by atoms with E-state index in [2.05, 4.69) is 551 Å². The molecule has 21 aromatic carbocycles. The molecule has 4 nitrogen and oxygen atoms in total. The second-order valence-corrected chi connectivity index (χ2v) is 53.3. The highest BCUT2D eigenvalue weighted by Crippen LogP contribution is 2.58. The van der Waals surface area contributed by atoms with E-state index < -0.39 is 16.1 Å². The molecule has 27 rings (SSSR count). The lowest BCUT2D eigenvalue weighted by Gasteiger charge is -2.35. The molecule has 0 aromatic heterocycles. The van der Waals surface area contributed by atoms with Gasteiger partial charge in [0.2, 0.25) is 0 Å². The second-order valence-electron chi connectivity index (χ2n) is 42.6. The molecule has 21 aromatic rings. The van der Waals surface area contributed by atoms with Crippen molar-refractivity contribution < 1.29 is 4.74 Å². The van der Waals surface area contributed by atoms with Gasteiger partial charge < -0.3 is 19.4 Å². The number of rotatable bonds is 12. The van der Waals surface area contributed by atoms with Crippen LogP contribution in [0.3, 0.4) is 0 Å².